The van der Waals surface area contributed by atoms with Crippen molar-refractivity contribution in [2.75, 3.05) is 0 Å². The fourth-order valence-corrected chi connectivity index (χ4v) is 2.41. The monoisotopic (exact) mass is 345 g/mol. The SMILES string of the molecule is CC(=O)N(Cc1ccc(Cl)cc1)[C@H](C)C(=O)NCc1ccncc1. The summed E-state index contributed by atoms with van der Waals surface area (Å²) in [5, 5.41) is 3.48. The van der Waals surface area contributed by atoms with Gasteiger partial charge in [0.15, 0.2) is 0 Å². The minimum absolute atomic E-state index is 0.156. The summed E-state index contributed by atoms with van der Waals surface area (Å²) in [7, 11) is 0. The van der Waals surface area contributed by atoms with Crippen LogP contribution in [0.1, 0.15) is 25.0 Å². The maximum Gasteiger partial charge on any atom is 0.242 e. The van der Waals surface area contributed by atoms with Crippen molar-refractivity contribution in [3.8, 4) is 0 Å². The first kappa shape index (κ1) is 17.9. The molecule has 0 unspecified atom stereocenters. The Labute approximate surface area is 146 Å². The number of aromatic nitrogens is 1. The van der Waals surface area contributed by atoms with Crippen LogP contribution in [0.15, 0.2) is 48.8 Å². The average Bonchev–Trinajstić information content (AvgIpc) is 2.59. The molecule has 24 heavy (non-hydrogen) atoms. The van der Waals surface area contributed by atoms with Crippen molar-refractivity contribution in [2.24, 2.45) is 0 Å². The Morgan fingerprint density at radius 1 is 1.12 bits per heavy atom. The Balaban J connectivity index is 1.99. The number of carbonyl (C=O) groups excluding carboxylic acids is 2. The molecule has 126 valence electrons. The van der Waals surface area contributed by atoms with Crippen molar-refractivity contribution in [3.63, 3.8) is 0 Å². The zero-order chi connectivity index (χ0) is 17.5. The fourth-order valence-electron chi connectivity index (χ4n) is 2.29. The van der Waals surface area contributed by atoms with Crippen molar-refractivity contribution in [1.82, 2.24) is 15.2 Å². The molecular formula is C18H20ClN3O2. The van der Waals surface area contributed by atoms with E-state index in [1.54, 1.807) is 31.5 Å². The molecule has 0 aliphatic carbocycles. The van der Waals surface area contributed by atoms with Gasteiger partial charge in [-0.2, -0.15) is 0 Å². The third-order valence-corrected chi connectivity index (χ3v) is 3.99. The topological polar surface area (TPSA) is 62.3 Å². The predicted molar refractivity (Wildman–Crippen MR) is 93.2 cm³/mol. The first-order valence-electron chi connectivity index (χ1n) is 7.65. The summed E-state index contributed by atoms with van der Waals surface area (Å²) in [6.45, 7) is 3.94. The molecule has 0 saturated heterocycles. The van der Waals surface area contributed by atoms with Crippen LogP contribution in [0.4, 0.5) is 0 Å². The van der Waals surface area contributed by atoms with Gasteiger partial charge in [-0.1, -0.05) is 23.7 Å². The highest BCUT2D eigenvalue weighted by Crippen LogP contribution is 2.13. The van der Waals surface area contributed by atoms with Gasteiger partial charge in [-0.3, -0.25) is 14.6 Å². The first-order valence-corrected chi connectivity index (χ1v) is 8.03. The van der Waals surface area contributed by atoms with Crippen LogP contribution < -0.4 is 5.32 Å². The van der Waals surface area contributed by atoms with Gasteiger partial charge < -0.3 is 10.2 Å². The van der Waals surface area contributed by atoms with Gasteiger partial charge >= 0.3 is 0 Å². The third-order valence-electron chi connectivity index (χ3n) is 3.73. The summed E-state index contributed by atoms with van der Waals surface area (Å²) in [5.41, 5.74) is 1.88. The lowest BCUT2D eigenvalue weighted by Crippen LogP contribution is -2.46. The van der Waals surface area contributed by atoms with Gasteiger partial charge in [-0.25, -0.2) is 0 Å². The number of hydrogen-bond donors (Lipinski definition) is 1. The molecule has 0 aliphatic rings. The van der Waals surface area contributed by atoms with Crippen molar-refractivity contribution < 1.29 is 9.59 Å². The van der Waals surface area contributed by atoms with E-state index in [-0.39, 0.29) is 11.8 Å². The van der Waals surface area contributed by atoms with Crippen molar-refractivity contribution in [1.29, 1.82) is 0 Å². The van der Waals surface area contributed by atoms with Crippen molar-refractivity contribution in [3.05, 3.63) is 64.9 Å². The van der Waals surface area contributed by atoms with E-state index in [2.05, 4.69) is 10.3 Å². The fraction of sp³-hybridized carbons (Fsp3) is 0.278. The van der Waals surface area contributed by atoms with E-state index in [0.29, 0.717) is 18.1 Å². The van der Waals surface area contributed by atoms with Crippen LogP contribution in [0.2, 0.25) is 5.02 Å². The Morgan fingerprint density at radius 2 is 1.75 bits per heavy atom. The van der Waals surface area contributed by atoms with Crippen molar-refractivity contribution >= 4 is 23.4 Å². The number of amides is 2. The minimum atomic E-state index is -0.569. The number of nitrogens with zero attached hydrogens (tertiary/aromatic N) is 2. The summed E-state index contributed by atoms with van der Waals surface area (Å²) in [5.74, 6) is -0.354. The van der Waals surface area contributed by atoms with E-state index < -0.39 is 6.04 Å². The second kappa shape index (κ2) is 8.45. The lowest BCUT2D eigenvalue weighted by Gasteiger charge is -2.27. The molecule has 0 bridgehead atoms. The molecule has 2 rings (SSSR count). The van der Waals surface area contributed by atoms with E-state index in [0.717, 1.165) is 11.1 Å². The number of rotatable bonds is 6. The Hall–Kier alpha value is -2.40. The molecule has 1 aromatic heterocycles. The molecule has 6 heteroatoms. The van der Waals surface area contributed by atoms with Crippen LogP contribution in [-0.4, -0.2) is 27.7 Å². The molecule has 0 saturated carbocycles. The van der Waals surface area contributed by atoms with E-state index >= 15 is 0 Å². The number of hydrogen-bond acceptors (Lipinski definition) is 3. The van der Waals surface area contributed by atoms with Gasteiger partial charge in [-0.15, -0.1) is 0 Å². The summed E-state index contributed by atoms with van der Waals surface area (Å²) in [4.78, 5) is 29.8. The summed E-state index contributed by atoms with van der Waals surface area (Å²) in [6.07, 6.45) is 3.35. The molecule has 0 aliphatic heterocycles. The standard InChI is InChI=1S/C18H20ClN3O2/c1-13(18(24)21-11-15-7-9-20-10-8-15)22(14(2)23)12-16-3-5-17(19)6-4-16/h3-10,13H,11-12H2,1-2H3,(H,21,24)/t13-/m1/s1. The van der Waals surface area contributed by atoms with E-state index in [1.807, 2.05) is 24.3 Å². The van der Waals surface area contributed by atoms with E-state index in [4.69, 9.17) is 11.6 Å². The Kier molecular flexibility index (Phi) is 6.32. The molecule has 1 aromatic carbocycles. The number of benzene rings is 1. The molecule has 1 N–H and O–H groups in total. The molecule has 0 fully saturated rings. The molecule has 1 atom stereocenters. The smallest absolute Gasteiger partial charge is 0.242 e. The normalized spacial score (nSPS) is 11.6. The molecule has 1 heterocycles. The minimum Gasteiger partial charge on any atom is -0.350 e. The third kappa shape index (κ3) is 5.06. The van der Waals surface area contributed by atoms with Crippen LogP contribution in [0.25, 0.3) is 0 Å². The lowest BCUT2D eigenvalue weighted by atomic mass is 10.1. The molecule has 2 amide bonds. The van der Waals surface area contributed by atoms with Crippen LogP contribution in [-0.2, 0) is 22.7 Å². The van der Waals surface area contributed by atoms with Gasteiger partial charge in [0, 0.05) is 37.4 Å². The molecule has 0 radical (unpaired) electrons. The van der Waals surface area contributed by atoms with E-state index in [1.165, 1.54) is 11.8 Å². The zero-order valence-electron chi connectivity index (χ0n) is 13.7. The van der Waals surface area contributed by atoms with Gasteiger partial charge in [0.05, 0.1) is 0 Å². The number of carbonyl (C=O) groups is 2. The zero-order valence-corrected chi connectivity index (χ0v) is 14.5. The number of halogens is 1. The van der Waals surface area contributed by atoms with Crippen LogP contribution in [0, 0.1) is 0 Å². The summed E-state index contributed by atoms with van der Waals surface area (Å²) >= 11 is 5.87. The predicted octanol–water partition coefficient (Wildman–Crippen LogP) is 2.79. The van der Waals surface area contributed by atoms with Gasteiger partial charge in [0.25, 0.3) is 0 Å². The maximum atomic E-state index is 12.4. The summed E-state index contributed by atoms with van der Waals surface area (Å²) < 4.78 is 0. The average molecular weight is 346 g/mol. The van der Waals surface area contributed by atoms with Gasteiger partial charge in [0.1, 0.15) is 6.04 Å². The summed E-state index contributed by atoms with van der Waals surface area (Å²) in [6, 6.07) is 10.3. The molecule has 5 nitrogen and oxygen atoms in total. The second-order valence-corrected chi connectivity index (χ2v) is 5.96. The van der Waals surface area contributed by atoms with Crippen LogP contribution in [0.5, 0.6) is 0 Å². The maximum absolute atomic E-state index is 12.4. The van der Waals surface area contributed by atoms with Crippen molar-refractivity contribution in [2.45, 2.75) is 33.0 Å². The Bertz CT molecular complexity index is 689. The highest BCUT2D eigenvalue weighted by atomic mass is 35.5. The number of nitrogens with one attached hydrogen (secondary N) is 1. The first-order chi connectivity index (χ1) is 11.5. The molecule has 2 aromatic rings. The van der Waals surface area contributed by atoms with E-state index in [9.17, 15) is 9.59 Å². The Morgan fingerprint density at radius 3 is 2.33 bits per heavy atom. The van der Waals surface area contributed by atoms with Gasteiger partial charge in [0.2, 0.25) is 11.8 Å². The molecule has 0 spiro atoms. The molecular weight excluding hydrogens is 326 g/mol. The highest BCUT2D eigenvalue weighted by molar-refractivity contribution is 6.30. The van der Waals surface area contributed by atoms with Gasteiger partial charge in [-0.05, 0) is 42.3 Å². The highest BCUT2D eigenvalue weighted by Gasteiger charge is 2.23. The lowest BCUT2D eigenvalue weighted by molar-refractivity contribution is -0.139. The second-order valence-electron chi connectivity index (χ2n) is 5.52. The van der Waals surface area contributed by atoms with Crippen LogP contribution in [0.3, 0.4) is 0 Å². The largest absolute Gasteiger partial charge is 0.350 e. The number of pyridine rings is 1. The van der Waals surface area contributed by atoms with Crippen LogP contribution >= 0.6 is 11.6 Å². The quantitative estimate of drug-likeness (QED) is 0.875.